The van der Waals surface area contributed by atoms with Gasteiger partial charge in [0.15, 0.2) is 0 Å². The smallest absolute Gasteiger partial charge is 0.0487 e. The Morgan fingerprint density at radius 1 is 1.25 bits per heavy atom. The number of methoxy groups -OCH3 is 1. The number of rotatable bonds is 8. The molecule has 0 bridgehead atoms. The van der Waals surface area contributed by atoms with E-state index in [-0.39, 0.29) is 0 Å². The van der Waals surface area contributed by atoms with Crippen LogP contribution in [0.15, 0.2) is 18.5 Å². The fraction of sp³-hybridized carbons (Fsp3) is 0.583. The summed E-state index contributed by atoms with van der Waals surface area (Å²) in [5.74, 6) is 0. The largest absolute Gasteiger partial charge is 0.398 e. The minimum absolute atomic E-state index is 0.759. The number of aromatic nitrogens is 1. The third-order valence-corrected chi connectivity index (χ3v) is 2.31. The Bertz CT molecular complexity index is 292. The lowest BCUT2D eigenvalue weighted by Crippen LogP contribution is -2.02. The van der Waals surface area contributed by atoms with E-state index in [4.69, 9.17) is 15.2 Å². The number of nitrogen functional groups attached to an aromatic ring is 1. The van der Waals surface area contributed by atoms with E-state index in [1.807, 2.05) is 12.3 Å². The third kappa shape index (κ3) is 5.09. The van der Waals surface area contributed by atoms with Crippen LogP contribution >= 0.6 is 0 Å². The summed E-state index contributed by atoms with van der Waals surface area (Å²) in [5.41, 5.74) is 7.72. The molecule has 0 fully saturated rings. The summed E-state index contributed by atoms with van der Waals surface area (Å²) in [7, 11) is 1.70. The molecule has 0 unspecified atom stereocenters. The van der Waals surface area contributed by atoms with Crippen molar-refractivity contribution in [1.29, 1.82) is 0 Å². The van der Waals surface area contributed by atoms with E-state index >= 15 is 0 Å². The summed E-state index contributed by atoms with van der Waals surface area (Å²) in [6.07, 6.45) is 6.37. The summed E-state index contributed by atoms with van der Waals surface area (Å²) in [6, 6.07) is 1.83. The molecule has 0 saturated carbocycles. The lowest BCUT2D eigenvalue weighted by atomic mass is 10.1. The molecule has 0 radical (unpaired) electrons. The number of aryl methyl sites for hydroxylation is 1. The van der Waals surface area contributed by atoms with Gasteiger partial charge in [0, 0.05) is 45.0 Å². The Morgan fingerprint density at radius 2 is 2.06 bits per heavy atom. The highest BCUT2D eigenvalue weighted by atomic mass is 16.5. The molecule has 0 aliphatic heterocycles. The maximum atomic E-state index is 5.80. The van der Waals surface area contributed by atoms with E-state index in [9.17, 15) is 0 Å². The molecule has 2 N–H and O–H groups in total. The lowest BCUT2D eigenvalue weighted by molar-refractivity contribution is 0.101. The number of nitrogens with zero attached hydrogens (tertiary/aromatic N) is 1. The van der Waals surface area contributed by atoms with Gasteiger partial charge in [-0.25, -0.2) is 0 Å². The molecule has 0 aromatic carbocycles. The van der Waals surface area contributed by atoms with Crippen molar-refractivity contribution in [3.05, 3.63) is 24.0 Å². The van der Waals surface area contributed by atoms with Gasteiger partial charge in [-0.3, -0.25) is 4.98 Å². The topological polar surface area (TPSA) is 57.4 Å². The van der Waals surface area contributed by atoms with E-state index in [0.29, 0.717) is 0 Å². The van der Waals surface area contributed by atoms with E-state index in [2.05, 4.69) is 4.98 Å². The molecule has 16 heavy (non-hydrogen) atoms. The highest BCUT2D eigenvalue weighted by Crippen LogP contribution is 2.10. The standard InChI is InChI=1S/C12H20N2O2/c1-15-7-3-9-16-8-2-4-11-10-14-6-5-12(11)13/h5-6,10H,2-4,7-9H2,1H3,(H2,13,14). The van der Waals surface area contributed by atoms with Crippen LogP contribution < -0.4 is 5.73 Å². The van der Waals surface area contributed by atoms with Gasteiger partial charge in [0.1, 0.15) is 0 Å². The van der Waals surface area contributed by atoms with Crippen molar-refractivity contribution in [3.8, 4) is 0 Å². The first-order chi connectivity index (χ1) is 7.84. The minimum atomic E-state index is 0.759. The van der Waals surface area contributed by atoms with E-state index in [1.165, 1.54) is 0 Å². The van der Waals surface area contributed by atoms with Gasteiger partial charge in [-0.2, -0.15) is 0 Å². The molecule has 4 nitrogen and oxygen atoms in total. The van der Waals surface area contributed by atoms with Gasteiger partial charge in [0.25, 0.3) is 0 Å². The zero-order valence-electron chi connectivity index (χ0n) is 9.82. The molecular weight excluding hydrogens is 204 g/mol. The van der Waals surface area contributed by atoms with Crippen LogP contribution in [0.5, 0.6) is 0 Å². The average Bonchev–Trinajstić information content (AvgIpc) is 2.30. The molecule has 0 amide bonds. The number of hydrogen-bond acceptors (Lipinski definition) is 4. The average molecular weight is 224 g/mol. The van der Waals surface area contributed by atoms with Crippen molar-refractivity contribution >= 4 is 5.69 Å². The van der Waals surface area contributed by atoms with Crippen LogP contribution in [0.25, 0.3) is 0 Å². The SMILES string of the molecule is COCCCOCCCc1cnccc1N. The Kier molecular flexibility index (Phi) is 6.53. The van der Waals surface area contributed by atoms with Crippen molar-refractivity contribution in [2.75, 3.05) is 32.7 Å². The quantitative estimate of drug-likeness (QED) is 0.682. The second kappa shape index (κ2) is 8.07. The second-order valence-corrected chi connectivity index (χ2v) is 3.64. The van der Waals surface area contributed by atoms with Crippen LogP contribution in [0.1, 0.15) is 18.4 Å². The van der Waals surface area contributed by atoms with Crippen LogP contribution in [0.3, 0.4) is 0 Å². The van der Waals surface area contributed by atoms with Crippen molar-refractivity contribution in [2.45, 2.75) is 19.3 Å². The second-order valence-electron chi connectivity index (χ2n) is 3.64. The Labute approximate surface area is 96.8 Å². The minimum Gasteiger partial charge on any atom is -0.398 e. The first-order valence-electron chi connectivity index (χ1n) is 5.59. The van der Waals surface area contributed by atoms with Gasteiger partial charge in [-0.1, -0.05) is 0 Å². The fourth-order valence-corrected chi connectivity index (χ4v) is 1.42. The molecular formula is C12H20N2O2. The Hall–Kier alpha value is -1.13. The molecule has 0 atom stereocenters. The Morgan fingerprint density at radius 3 is 2.81 bits per heavy atom. The maximum Gasteiger partial charge on any atom is 0.0487 e. The van der Waals surface area contributed by atoms with Crippen LogP contribution in [-0.4, -0.2) is 31.9 Å². The van der Waals surface area contributed by atoms with Gasteiger partial charge in [-0.15, -0.1) is 0 Å². The first kappa shape index (κ1) is 12.9. The highest BCUT2D eigenvalue weighted by molar-refractivity contribution is 5.44. The van der Waals surface area contributed by atoms with Crippen LogP contribution in [-0.2, 0) is 15.9 Å². The van der Waals surface area contributed by atoms with Crippen LogP contribution in [0.4, 0.5) is 5.69 Å². The normalized spacial score (nSPS) is 10.6. The predicted octanol–water partition coefficient (Wildman–Crippen LogP) is 1.65. The predicted molar refractivity (Wildman–Crippen MR) is 64.3 cm³/mol. The van der Waals surface area contributed by atoms with Crippen LogP contribution in [0, 0.1) is 0 Å². The van der Waals surface area contributed by atoms with E-state index in [0.717, 1.165) is 50.3 Å². The van der Waals surface area contributed by atoms with Crippen molar-refractivity contribution in [3.63, 3.8) is 0 Å². The van der Waals surface area contributed by atoms with Crippen LogP contribution in [0.2, 0.25) is 0 Å². The first-order valence-corrected chi connectivity index (χ1v) is 5.59. The molecule has 0 aliphatic rings. The van der Waals surface area contributed by atoms with Gasteiger partial charge < -0.3 is 15.2 Å². The zero-order valence-corrected chi connectivity index (χ0v) is 9.82. The molecule has 90 valence electrons. The molecule has 1 aromatic rings. The number of nitrogens with two attached hydrogens (primary N) is 1. The Balaban J connectivity index is 2.05. The molecule has 1 aromatic heterocycles. The van der Waals surface area contributed by atoms with Gasteiger partial charge in [0.2, 0.25) is 0 Å². The monoisotopic (exact) mass is 224 g/mol. The number of pyridine rings is 1. The summed E-state index contributed by atoms with van der Waals surface area (Å²) in [5, 5.41) is 0. The molecule has 1 rings (SSSR count). The molecule has 0 aliphatic carbocycles. The van der Waals surface area contributed by atoms with Gasteiger partial charge >= 0.3 is 0 Å². The lowest BCUT2D eigenvalue weighted by Gasteiger charge is -2.05. The molecule has 0 spiro atoms. The van der Waals surface area contributed by atoms with E-state index < -0.39 is 0 Å². The molecule has 4 heteroatoms. The number of anilines is 1. The van der Waals surface area contributed by atoms with Crippen molar-refractivity contribution in [1.82, 2.24) is 4.98 Å². The van der Waals surface area contributed by atoms with E-state index in [1.54, 1.807) is 13.3 Å². The molecule has 0 saturated heterocycles. The summed E-state index contributed by atoms with van der Waals surface area (Å²) in [4.78, 5) is 4.05. The summed E-state index contributed by atoms with van der Waals surface area (Å²) < 4.78 is 10.4. The number of ether oxygens (including phenoxy) is 2. The van der Waals surface area contributed by atoms with Gasteiger partial charge in [0.05, 0.1) is 0 Å². The molecule has 1 heterocycles. The number of hydrogen-bond donors (Lipinski definition) is 1. The zero-order chi connectivity index (χ0) is 11.6. The van der Waals surface area contributed by atoms with Crippen molar-refractivity contribution in [2.24, 2.45) is 0 Å². The van der Waals surface area contributed by atoms with Crippen molar-refractivity contribution < 1.29 is 9.47 Å². The maximum absolute atomic E-state index is 5.80. The van der Waals surface area contributed by atoms with Gasteiger partial charge in [-0.05, 0) is 30.9 Å². The summed E-state index contributed by atoms with van der Waals surface area (Å²) in [6.45, 7) is 2.28. The fourth-order valence-electron chi connectivity index (χ4n) is 1.42. The third-order valence-electron chi connectivity index (χ3n) is 2.31. The highest BCUT2D eigenvalue weighted by Gasteiger charge is 1.98. The summed E-state index contributed by atoms with van der Waals surface area (Å²) >= 11 is 0.